The lowest BCUT2D eigenvalue weighted by Crippen LogP contribution is -2.06. The number of nitrogens with zero attached hydrogens (tertiary/aromatic N) is 4. The lowest BCUT2D eigenvalue weighted by Gasteiger charge is -2.08. The minimum absolute atomic E-state index is 0.451. The highest BCUT2D eigenvalue weighted by Crippen LogP contribution is 2.38. The van der Waals surface area contributed by atoms with Crippen LogP contribution in [-0.2, 0) is 9.84 Å². The zero-order valence-electron chi connectivity index (χ0n) is 9.51. The third-order valence-corrected chi connectivity index (χ3v) is 4.00. The lowest BCUT2D eigenvalue weighted by molar-refractivity contribution is -0.394. The second-order valence-corrected chi connectivity index (χ2v) is 5.58. The molecular formula is C8H7N4O6S-. The molecule has 0 aliphatic rings. The van der Waals surface area contributed by atoms with Gasteiger partial charge in [-0.25, -0.2) is 8.42 Å². The number of nitro groups is 2. The van der Waals surface area contributed by atoms with Gasteiger partial charge in [-0.3, -0.25) is 20.2 Å². The van der Waals surface area contributed by atoms with E-state index in [-0.39, 0.29) is 0 Å². The standard InChI is InChI=1S/C8H7N4O6S/c1-2-19(17,18)7-4-5(11(13)14)3-6(12(15)16)8(7)10-9/h3-4H,2H2,1H3/q-1. The summed E-state index contributed by atoms with van der Waals surface area (Å²) in [6, 6.07) is 1.16. The second kappa shape index (κ2) is 5.06. The predicted molar refractivity (Wildman–Crippen MR) is 62.9 cm³/mol. The van der Waals surface area contributed by atoms with Gasteiger partial charge in [-0.2, -0.15) is 0 Å². The molecule has 0 radical (unpaired) electrons. The van der Waals surface area contributed by atoms with Crippen LogP contribution in [0.25, 0.3) is 5.53 Å². The molecule has 0 unspecified atom stereocenters. The minimum atomic E-state index is -4.02. The van der Waals surface area contributed by atoms with Gasteiger partial charge in [0.15, 0.2) is 9.84 Å². The average molecular weight is 287 g/mol. The highest BCUT2D eigenvalue weighted by atomic mass is 32.2. The van der Waals surface area contributed by atoms with E-state index in [2.05, 4.69) is 5.11 Å². The van der Waals surface area contributed by atoms with Crippen molar-refractivity contribution in [3.8, 4) is 0 Å². The van der Waals surface area contributed by atoms with Crippen LogP contribution in [0.15, 0.2) is 22.1 Å². The molecule has 1 rings (SSSR count). The maximum Gasteiger partial charge on any atom is 0.301 e. The van der Waals surface area contributed by atoms with Crippen LogP contribution >= 0.6 is 0 Å². The summed E-state index contributed by atoms with van der Waals surface area (Å²) in [5.74, 6) is -0.451. The number of non-ortho nitro benzene ring substituents is 1. The van der Waals surface area contributed by atoms with Crippen LogP contribution in [0.3, 0.4) is 0 Å². The fourth-order valence-corrected chi connectivity index (χ4v) is 2.37. The quantitative estimate of drug-likeness (QED) is 0.457. The molecule has 0 spiro atoms. The van der Waals surface area contributed by atoms with Crippen LogP contribution < -0.4 is 0 Å². The fraction of sp³-hybridized carbons (Fsp3) is 0.250. The van der Waals surface area contributed by atoms with Gasteiger partial charge in [0.1, 0.15) is 10.6 Å². The van der Waals surface area contributed by atoms with E-state index in [1.807, 2.05) is 0 Å². The molecule has 0 saturated carbocycles. The molecule has 0 heterocycles. The Balaban J connectivity index is 3.84. The summed E-state index contributed by atoms with van der Waals surface area (Å²) in [6.07, 6.45) is 0. The zero-order chi connectivity index (χ0) is 14.8. The van der Waals surface area contributed by atoms with Crippen LogP contribution in [0, 0.1) is 20.2 Å². The summed E-state index contributed by atoms with van der Waals surface area (Å²) in [4.78, 5) is 18.6. The van der Waals surface area contributed by atoms with Crippen LogP contribution in [0.2, 0.25) is 0 Å². The summed E-state index contributed by atoms with van der Waals surface area (Å²) in [7, 11) is -4.02. The summed E-state index contributed by atoms with van der Waals surface area (Å²) < 4.78 is 23.4. The average Bonchev–Trinajstić information content (AvgIpc) is 2.36. The van der Waals surface area contributed by atoms with Crippen molar-refractivity contribution in [2.24, 2.45) is 5.11 Å². The van der Waals surface area contributed by atoms with Gasteiger partial charge in [-0.1, -0.05) is 6.92 Å². The van der Waals surface area contributed by atoms with Gasteiger partial charge in [0, 0.05) is 6.07 Å². The molecule has 19 heavy (non-hydrogen) atoms. The van der Waals surface area contributed by atoms with Gasteiger partial charge in [0.25, 0.3) is 5.69 Å². The van der Waals surface area contributed by atoms with E-state index in [1.165, 1.54) is 6.92 Å². The van der Waals surface area contributed by atoms with E-state index in [9.17, 15) is 28.6 Å². The first kappa shape index (κ1) is 14.6. The van der Waals surface area contributed by atoms with Crippen LogP contribution in [0.4, 0.5) is 17.1 Å². The SMILES string of the molecule is CCS(=O)(=O)c1cc([N+](=O)[O-])cc([N+](=O)[O-])c1N=[N-]. The molecule has 0 aliphatic carbocycles. The lowest BCUT2D eigenvalue weighted by atomic mass is 10.2. The molecule has 0 N–H and O–H groups in total. The molecule has 0 amide bonds. The third-order valence-electron chi connectivity index (χ3n) is 2.26. The van der Waals surface area contributed by atoms with Gasteiger partial charge in [-0.05, 0) is 0 Å². The second-order valence-electron chi connectivity index (χ2n) is 3.33. The Hall–Kier alpha value is -2.43. The third kappa shape index (κ3) is 2.70. The van der Waals surface area contributed by atoms with Crippen molar-refractivity contribution in [3.05, 3.63) is 37.9 Å². The van der Waals surface area contributed by atoms with E-state index in [0.717, 1.165) is 0 Å². The van der Waals surface area contributed by atoms with E-state index in [1.54, 1.807) is 0 Å². The topological polar surface area (TPSA) is 155 Å². The number of hydrogen-bond donors (Lipinski definition) is 0. The molecule has 1 aromatic carbocycles. The molecule has 0 atom stereocenters. The first-order valence-corrected chi connectivity index (χ1v) is 6.44. The van der Waals surface area contributed by atoms with Crippen LogP contribution in [-0.4, -0.2) is 24.0 Å². The maximum absolute atomic E-state index is 11.7. The zero-order valence-corrected chi connectivity index (χ0v) is 10.3. The number of hydrogen-bond acceptors (Lipinski definition) is 7. The molecule has 0 aromatic heterocycles. The van der Waals surface area contributed by atoms with Crippen molar-refractivity contribution in [1.29, 1.82) is 0 Å². The Kier molecular flexibility index (Phi) is 3.89. The fourth-order valence-electron chi connectivity index (χ4n) is 1.32. The van der Waals surface area contributed by atoms with Gasteiger partial charge < -0.3 is 10.6 Å². The number of nitro benzene ring substituents is 2. The van der Waals surface area contributed by atoms with Gasteiger partial charge in [-0.15, -0.1) is 0 Å². The largest absolute Gasteiger partial charge is 0.706 e. The first-order chi connectivity index (χ1) is 8.74. The van der Waals surface area contributed by atoms with E-state index < -0.39 is 47.4 Å². The summed E-state index contributed by atoms with van der Waals surface area (Å²) in [5.41, 5.74) is 6.17. The van der Waals surface area contributed by atoms with E-state index in [0.29, 0.717) is 12.1 Å². The Morgan fingerprint density at radius 2 is 1.84 bits per heavy atom. The summed E-state index contributed by atoms with van der Waals surface area (Å²) >= 11 is 0. The molecule has 0 bridgehead atoms. The number of rotatable bonds is 5. The minimum Gasteiger partial charge on any atom is -0.706 e. The normalized spacial score (nSPS) is 11.0. The van der Waals surface area contributed by atoms with Crippen molar-refractivity contribution in [2.45, 2.75) is 11.8 Å². The molecule has 102 valence electrons. The Bertz CT molecular complexity index is 668. The van der Waals surface area contributed by atoms with Gasteiger partial charge in [0.05, 0.1) is 21.7 Å². The molecular weight excluding hydrogens is 280 g/mol. The first-order valence-electron chi connectivity index (χ1n) is 4.79. The highest BCUT2D eigenvalue weighted by Gasteiger charge is 2.28. The van der Waals surface area contributed by atoms with E-state index in [4.69, 9.17) is 5.53 Å². The van der Waals surface area contributed by atoms with Crippen molar-refractivity contribution in [1.82, 2.24) is 0 Å². The van der Waals surface area contributed by atoms with Crippen molar-refractivity contribution < 1.29 is 18.3 Å². The smallest absolute Gasteiger partial charge is 0.301 e. The van der Waals surface area contributed by atoms with Crippen LogP contribution in [0.5, 0.6) is 0 Å². The summed E-state index contributed by atoms with van der Waals surface area (Å²) in [5, 5.41) is 23.9. The van der Waals surface area contributed by atoms with Crippen molar-refractivity contribution in [2.75, 3.05) is 5.75 Å². The molecule has 0 fully saturated rings. The number of sulfone groups is 1. The Morgan fingerprint density at radius 3 is 2.21 bits per heavy atom. The Labute approximate surface area is 106 Å². The monoisotopic (exact) mass is 287 g/mol. The maximum atomic E-state index is 11.7. The summed E-state index contributed by atoms with van der Waals surface area (Å²) in [6.45, 7) is 1.25. The molecule has 11 heteroatoms. The van der Waals surface area contributed by atoms with Crippen molar-refractivity contribution in [3.63, 3.8) is 0 Å². The predicted octanol–water partition coefficient (Wildman–Crippen LogP) is 1.95. The van der Waals surface area contributed by atoms with Gasteiger partial charge in [0.2, 0.25) is 0 Å². The van der Waals surface area contributed by atoms with Crippen molar-refractivity contribution >= 4 is 26.9 Å². The van der Waals surface area contributed by atoms with Crippen LogP contribution in [0.1, 0.15) is 6.92 Å². The van der Waals surface area contributed by atoms with Gasteiger partial charge >= 0.3 is 5.69 Å². The Morgan fingerprint density at radius 1 is 1.26 bits per heavy atom. The molecule has 0 aliphatic heterocycles. The molecule has 1 aromatic rings. The molecule has 0 saturated heterocycles. The highest BCUT2D eigenvalue weighted by molar-refractivity contribution is 7.91. The number of benzene rings is 1. The molecule has 10 nitrogen and oxygen atoms in total. The van der Waals surface area contributed by atoms with E-state index >= 15 is 0 Å².